The number of methoxy groups -OCH3 is 1. The van der Waals surface area contributed by atoms with Gasteiger partial charge in [0.1, 0.15) is 11.3 Å². The molecule has 0 radical (unpaired) electrons. The summed E-state index contributed by atoms with van der Waals surface area (Å²) in [6, 6.07) is 13.6. The molecule has 0 spiro atoms. The second-order valence-electron chi connectivity index (χ2n) is 6.22. The van der Waals surface area contributed by atoms with E-state index >= 15 is 0 Å². The van der Waals surface area contributed by atoms with Crippen LogP contribution in [0.15, 0.2) is 59.3 Å². The summed E-state index contributed by atoms with van der Waals surface area (Å²) in [5.74, 6) is 0.660. The zero-order valence-corrected chi connectivity index (χ0v) is 14.8. The Labute approximate surface area is 151 Å². The number of rotatable bonds is 5. The molecule has 2 aromatic heterocycles. The average Bonchev–Trinajstić information content (AvgIpc) is 3.24. The number of hydrogen-bond acceptors (Lipinski definition) is 3. The molecule has 0 aliphatic rings. The van der Waals surface area contributed by atoms with Crippen LogP contribution in [0, 0.1) is 0 Å². The standard InChI is InChI=1S/C21H20N2O3/c1-3-23-9-8-14-10-16(4-7-19(14)23)22-21(24)11-15-13-26-20-12-17(25-2)5-6-18(15)20/h4-10,12-13H,3,11H2,1-2H3,(H,22,24). The molecule has 4 aromatic rings. The minimum atomic E-state index is -0.0715. The number of nitrogens with one attached hydrogen (secondary N) is 1. The monoisotopic (exact) mass is 348 g/mol. The van der Waals surface area contributed by atoms with E-state index < -0.39 is 0 Å². The number of benzene rings is 2. The zero-order chi connectivity index (χ0) is 18.1. The van der Waals surface area contributed by atoms with Gasteiger partial charge < -0.3 is 19.0 Å². The summed E-state index contributed by atoms with van der Waals surface area (Å²) in [6.45, 7) is 3.04. The second kappa shape index (κ2) is 6.59. The molecule has 0 saturated carbocycles. The first-order valence-corrected chi connectivity index (χ1v) is 8.61. The van der Waals surface area contributed by atoms with Gasteiger partial charge in [0.2, 0.25) is 5.91 Å². The number of aromatic nitrogens is 1. The first-order chi connectivity index (χ1) is 12.7. The largest absolute Gasteiger partial charge is 0.497 e. The summed E-state index contributed by atoms with van der Waals surface area (Å²) in [7, 11) is 1.62. The Kier molecular flexibility index (Phi) is 4.13. The third kappa shape index (κ3) is 2.92. The maximum absolute atomic E-state index is 12.5. The summed E-state index contributed by atoms with van der Waals surface area (Å²) in [5, 5.41) is 5.02. The Bertz CT molecular complexity index is 1090. The number of amides is 1. The van der Waals surface area contributed by atoms with Crippen molar-refractivity contribution in [3.8, 4) is 5.75 Å². The number of furan rings is 1. The van der Waals surface area contributed by atoms with Gasteiger partial charge in [-0.2, -0.15) is 0 Å². The van der Waals surface area contributed by atoms with E-state index in [1.165, 1.54) is 5.52 Å². The number of aryl methyl sites for hydroxylation is 1. The van der Waals surface area contributed by atoms with Crippen LogP contribution in [-0.2, 0) is 17.8 Å². The minimum absolute atomic E-state index is 0.0715. The number of anilines is 1. The quantitative estimate of drug-likeness (QED) is 0.573. The Balaban J connectivity index is 1.52. The van der Waals surface area contributed by atoms with Gasteiger partial charge in [-0.3, -0.25) is 4.79 Å². The van der Waals surface area contributed by atoms with Crippen molar-refractivity contribution in [2.24, 2.45) is 0 Å². The lowest BCUT2D eigenvalue weighted by molar-refractivity contribution is -0.115. The van der Waals surface area contributed by atoms with E-state index in [4.69, 9.17) is 9.15 Å². The van der Waals surface area contributed by atoms with Gasteiger partial charge in [-0.1, -0.05) is 0 Å². The zero-order valence-electron chi connectivity index (χ0n) is 14.8. The SMILES string of the molecule is CCn1ccc2cc(NC(=O)Cc3coc4cc(OC)ccc34)ccc21. The number of ether oxygens (including phenoxy) is 1. The van der Waals surface area contributed by atoms with Gasteiger partial charge in [0, 0.05) is 46.3 Å². The molecule has 2 heterocycles. The van der Waals surface area contributed by atoms with E-state index in [-0.39, 0.29) is 12.3 Å². The molecule has 1 N–H and O–H groups in total. The van der Waals surface area contributed by atoms with Crippen molar-refractivity contribution in [1.82, 2.24) is 4.57 Å². The van der Waals surface area contributed by atoms with Crippen molar-refractivity contribution in [3.05, 3.63) is 60.5 Å². The van der Waals surface area contributed by atoms with Gasteiger partial charge in [0.25, 0.3) is 0 Å². The molecule has 4 rings (SSSR count). The highest BCUT2D eigenvalue weighted by Gasteiger charge is 2.12. The molecule has 0 unspecified atom stereocenters. The Hall–Kier alpha value is -3.21. The Morgan fingerprint density at radius 3 is 2.88 bits per heavy atom. The molecule has 1 amide bonds. The smallest absolute Gasteiger partial charge is 0.228 e. The molecule has 2 aromatic carbocycles. The lowest BCUT2D eigenvalue weighted by Crippen LogP contribution is -2.14. The van der Waals surface area contributed by atoms with Crippen LogP contribution in [-0.4, -0.2) is 17.6 Å². The molecule has 0 atom stereocenters. The van der Waals surface area contributed by atoms with Crippen LogP contribution in [0.3, 0.4) is 0 Å². The molecule has 0 bridgehead atoms. The van der Waals surface area contributed by atoms with E-state index in [2.05, 4.69) is 29.1 Å². The molecule has 5 nitrogen and oxygen atoms in total. The van der Waals surface area contributed by atoms with Crippen LogP contribution >= 0.6 is 0 Å². The van der Waals surface area contributed by atoms with E-state index in [1.807, 2.05) is 36.4 Å². The number of hydrogen-bond donors (Lipinski definition) is 1. The highest BCUT2D eigenvalue weighted by Crippen LogP contribution is 2.26. The first-order valence-electron chi connectivity index (χ1n) is 8.61. The van der Waals surface area contributed by atoms with Crippen LogP contribution in [0.1, 0.15) is 12.5 Å². The van der Waals surface area contributed by atoms with Crippen molar-refractivity contribution in [2.45, 2.75) is 19.9 Å². The lowest BCUT2D eigenvalue weighted by atomic mass is 10.1. The number of carbonyl (C=O) groups is 1. The van der Waals surface area contributed by atoms with Crippen molar-refractivity contribution in [2.75, 3.05) is 12.4 Å². The minimum Gasteiger partial charge on any atom is -0.497 e. The van der Waals surface area contributed by atoms with Gasteiger partial charge in [0.15, 0.2) is 0 Å². The summed E-state index contributed by atoms with van der Waals surface area (Å²) >= 11 is 0. The third-order valence-electron chi connectivity index (χ3n) is 4.61. The average molecular weight is 348 g/mol. The van der Waals surface area contributed by atoms with Crippen molar-refractivity contribution >= 4 is 33.5 Å². The topological polar surface area (TPSA) is 56.4 Å². The maximum atomic E-state index is 12.5. The first kappa shape index (κ1) is 16.3. The predicted molar refractivity (Wildman–Crippen MR) is 103 cm³/mol. The Morgan fingerprint density at radius 1 is 1.19 bits per heavy atom. The molecule has 0 aliphatic carbocycles. The summed E-state index contributed by atoms with van der Waals surface area (Å²) < 4.78 is 12.9. The molecule has 5 heteroatoms. The van der Waals surface area contributed by atoms with Crippen LogP contribution in [0.4, 0.5) is 5.69 Å². The fourth-order valence-electron chi connectivity index (χ4n) is 3.26. The Morgan fingerprint density at radius 2 is 2.08 bits per heavy atom. The lowest BCUT2D eigenvalue weighted by Gasteiger charge is -2.06. The fourth-order valence-corrected chi connectivity index (χ4v) is 3.26. The van der Waals surface area contributed by atoms with E-state index in [0.29, 0.717) is 0 Å². The van der Waals surface area contributed by atoms with Gasteiger partial charge in [-0.05, 0) is 43.3 Å². The fraction of sp³-hybridized carbons (Fsp3) is 0.190. The van der Waals surface area contributed by atoms with Gasteiger partial charge in [-0.25, -0.2) is 0 Å². The van der Waals surface area contributed by atoms with E-state index in [1.54, 1.807) is 13.4 Å². The number of nitrogens with zero attached hydrogens (tertiary/aromatic N) is 1. The van der Waals surface area contributed by atoms with Crippen LogP contribution in [0.5, 0.6) is 5.75 Å². The van der Waals surface area contributed by atoms with E-state index in [9.17, 15) is 4.79 Å². The summed E-state index contributed by atoms with van der Waals surface area (Å²) in [4.78, 5) is 12.5. The predicted octanol–water partition coefficient (Wildman–Crippen LogP) is 4.60. The van der Waals surface area contributed by atoms with Crippen LogP contribution in [0.2, 0.25) is 0 Å². The van der Waals surface area contributed by atoms with Gasteiger partial charge in [-0.15, -0.1) is 0 Å². The van der Waals surface area contributed by atoms with Gasteiger partial charge >= 0.3 is 0 Å². The van der Waals surface area contributed by atoms with Crippen LogP contribution < -0.4 is 10.1 Å². The number of carbonyl (C=O) groups excluding carboxylic acids is 1. The molecule has 0 saturated heterocycles. The highest BCUT2D eigenvalue weighted by molar-refractivity contribution is 5.97. The van der Waals surface area contributed by atoms with Crippen molar-refractivity contribution in [1.29, 1.82) is 0 Å². The molecular weight excluding hydrogens is 328 g/mol. The maximum Gasteiger partial charge on any atom is 0.228 e. The van der Waals surface area contributed by atoms with Gasteiger partial charge in [0.05, 0.1) is 19.8 Å². The molecule has 26 heavy (non-hydrogen) atoms. The van der Waals surface area contributed by atoms with E-state index in [0.717, 1.165) is 39.9 Å². The third-order valence-corrected chi connectivity index (χ3v) is 4.61. The summed E-state index contributed by atoms with van der Waals surface area (Å²) in [6.07, 6.45) is 3.95. The second-order valence-corrected chi connectivity index (χ2v) is 6.22. The summed E-state index contributed by atoms with van der Waals surface area (Å²) in [5.41, 5.74) is 3.54. The molecule has 132 valence electrons. The normalized spacial score (nSPS) is 11.2. The number of fused-ring (bicyclic) bond motifs is 2. The van der Waals surface area contributed by atoms with Crippen molar-refractivity contribution in [3.63, 3.8) is 0 Å². The highest BCUT2D eigenvalue weighted by atomic mass is 16.5. The molecule has 0 fully saturated rings. The van der Waals surface area contributed by atoms with Crippen LogP contribution in [0.25, 0.3) is 21.9 Å². The molecule has 0 aliphatic heterocycles. The van der Waals surface area contributed by atoms with Crippen molar-refractivity contribution < 1.29 is 13.9 Å². The molecular formula is C21H20N2O3.